The first kappa shape index (κ1) is 79.9. The highest BCUT2D eigenvalue weighted by molar-refractivity contribution is 7.47. The molecule has 0 rings (SSSR count). The largest absolute Gasteiger partial charge is 0.472 e. The fourth-order valence-corrected chi connectivity index (χ4v) is 10.6. The lowest BCUT2D eigenvalue weighted by atomic mass is 10.0. The third-order valence-corrected chi connectivity index (χ3v) is 15.9. The Morgan fingerprint density at radius 1 is 0.373 bits per heavy atom. The van der Waals surface area contributed by atoms with Crippen LogP contribution in [0, 0.1) is 0 Å². The maximum Gasteiger partial charge on any atom is 0.472 e. The third kappa shape index (κ3) is 67.9. The number of ether oxygens (including phenoxy) is 2. The number of phosphoric ester groups is 1. The number of rotatable bonds is 65. The summed E-state index contributed by atoms with van der Waals surface area (Å²) in [7, 11) is -4.39. The molecule has 9 nitrogen and oxygen atoms in total. The van der Waals surface area contributed by atoms with Crippen LogP contribution in [0.5, 0.6) is 0 Å². The third-order valence-electron chi connectivity index (χ3n) is 15.0. The molecule has 10 heteroatoms. The predicted octanol–water partition coefficient (Wildman–Crippen LogP) is 22.7. The molecule has 0 aromatic rings. The van der Waals surface area contributed by atoms with E-state index in [2.05, 4.69) is 111 Å². The van der Waals surface area contributed by atoms with Crippen molar-refractivity contribution in [3.63, 3.8) is 0 Å². The van der Waals surface area contributed by atoms with Gasteiger partial charge in [0.1, 0.15) is 6.61 Å². The zero-order valence-electron chi connectivity index (χ0n) is 53.9. The summed E-state index contributed by atoms with van der Waals surface area (Å²) >= 11 is 0. The molecule has 0 aromatic carbocycles. The van der Waals surface area contributed by atoms with Crippen LogP contribution >= 0.6 is 7.82 Å². The highest BCUT2D eigenvalue weighted by Crippen LogP contribution is 2.43. The van der Waals surface area contributed by atoms with Crippen molar-refractivity contribution in [2.45, 2.75) is 328 Å². The first-order valence-corrected chi connectivity index (χ1v) is 36.2. The highest BCUT2D eigenvalue weighted by Gasteiger charge is 2.26. The quantitative estimate of drug-likeness (QED) is 0.0264. The summed E-state index contributed by atoms with van der Waals surface area (Å²) in [6, 6.07) is 0. The summed E-state index contributed by atoms with van der Waals surface area (Å²) in [4.78, 5) is 35.3. The van der Waals surface area contributed by atoms with E-state index in [-0.39, 0.29) is 38.6 Å². The smallest absolute Gasteiger partial charge is 0.462 e. The van der Waals surface area contributed by atoms with Gasteiger partial charge in [-0.15, -0.1) is 0 Å². The first-order chi connectivity index (χ1) is 40.8. The van der Waals surface area contributed by atoms with E-state index in [0.29, 0.717) is 6.42 Å². The number of allylic oxidation sites excluding steroid dienone is 16. The minimum atomic E-state index is -4.39. The minimum Gasteiger partial charge on any atom is -0.462 e. The van der Waals surface area contributed by atoms with E-state index in [1.807, 2.05) is 0 Å². The molecule has 480 valence electrons. The molecule has 0 aliphatic heterocycles. The van der Waals surface area contributed by atoms with E-state index in [1.165, 1.54) is 205 Å². The average molecular weight is 1180 g/mol. The lowest BCUT2D eigenvalue weighted by Gasteiger charge is -2.19. The average Bonchev–Trinajstić information content (AvgIpc) is 3.49. The molecule has 3 N–H and O–H groups in total. The number of hydrogen-bond donors (Lipinski definition) is 2. The molecule has 0 fully saturated rings. The van der Waals surface area contributed by atoms with Gasteiger partial charge in [0.25, 0.3) is 0 Å². The number of carbonyl (C=O) groups excluding carboxylic acids is 2. The van der Waals surface area contributed by atoms with Gasteiger partial charge in [0, 0.05) is 19.4 Å². The fourth-order valence-electron chi connectivity index (χ4n) is 9.85. The number of nitrogens with two attached hydrogens (primary N) is 1. The van der Waals surface area contributed by atoms with E-state index in [9.17, 15) is 19.0 Å². The van der Waals surface area contributed by atoms with E-state index in [0.717, 1.165) is 83.5 Å². The lowest BCUT2D eigenvalue weighted by molar-refractivity contribution is -0.161. The van der Waals surface area contributed by atoms with Crippen LogP contribution in [0.25, 0.3) is 0 Å². The first-order valence-electron chi connectivity index (χ1n) is 34.7. The lowest BCUT2D eigenvalue weighted by Crippen LogP contribution is -2.29. The van der Waals surface area contributed by atoms with Crippen LogP contribution in [0.2, 0.25) is 0 Å². The summed E-state index contributed by atoms with van der Waals surface area (Å²) in [5.41, 5.74) is 5.40. The fraction of sp³-hybridized carbons (Fsp3) is 0.753. The molecule has 0 spiro atoms. The monoisotopic (exact) mass is 1180 g/mol. The van der Waals surface area contributed by atoms with Gasteiger partial charge in [-0.05, 0) is 96.3 Å². The van der Waals surface area contributed by atoms with Crippen molar-refractivity contribution in [3.8, 4) is 0 Å². The molecule has 0 aromatic heterocycles. The number of hydrogen-bond acceptors (Lipinski definition) is 8. The van der Waals surface area contributed by atoms with Crippen molar-refractivity contribution >= 4 is 19.8 Å². The van der Waals surface area contributed by atoms with Crippen LogP contribution in [0.15, 0.2) is 97.2 Å². The van der Waals surface area contributed by atoms with Crippen LogP contribution in [0.4, 0.5) is 0 Å². The van der Waals surface area contributed by atoms with Gasteiger partial charge >= 0.3 is 19.8 Å². The zero-order chi connectivity index (χ0) is 60.1. The number of esters is 2. The van der Waals surface area contributed by atoms with E-state index in [1.54, 1.807) is 0 Å². The molecule has 0 saturated heterocycles. The molecule has 0 bridgehead atoms. The second-order valence-electron chi connectivity index (χ2n) is 23.0. The molecule has 0 heterocycles. The van der Waals surface area contributed by atoms with Gasteiger partial charge in [-0.2, -0.15) is 0 Å². The van der Waals surface area contributed by atoms with Gasteiger partial charge in [-0.25, -0.2) is 4.57 Å². The van der Waals surface area contributed by atoms with Crippen molar-refractivity contribution in [3.05, 3.63) is 97.2 Å². The molecule has 2 unspecified atom stereocenters. The molecule has 0 aliphatic carbocycles. The molecule has 2 atom stereocenters. The molecule has 83 heavy (non-hydrogen) atoms. The Morgan fingerprint density at radius 3 is 1.00 bits per heavy atom. The molecule has 0 aliphatic rings. The Labute approximate surface area is 512 Å². The van der Waals surface area contributed by atoms with Crippen molar-refractivity contribution in [1.82, 2.24) is 0 Å². The van der Waals surface area contributed by atoms with Crippen LogP contribution in [-0.4, -0.2) is 49.3 Å². The molecule has 0 saturated carbocycles. The Kier molecular flexibility index (Phi) is 65.5. The van der Waals surface area contributed by atoms with Crippen molar-refractivity contribution in [2.75, 3.05) is 26.4 Å². The van der Waals surface area contributed by atoms with E-state index < -0.39 is 26.5 Å². The van der Waals surface area contributed by atoms with Gasteiger partial charge in [-0.1, -0.05) is 310 Å². The summed E-state index contributed by atoms with van der Waals surface area (Å²) in [5, 5.41) is 0. The van der Waals surface area contributed by atoms with E-state index >= 15 is 0 Å². The molecular formula is C73H130NO8P. The van der Waals surface area contributed by atoms with Gasteiger partial charge in [-0.3, -0.25) is 18.6 Å². The SMILES string of the molecule is CC/C=C\C/C=C\C/C=C\C/C=C\C/C=C\C/C=C\C/C=C\CCCCCCCCCCCCCCCCCCCCCC(=O)OC(COC(=O)CCCCCCCCCCC/C=C\CCCCCCCCCC)COP(=O)(O)OCCN. The standard InChI is InChI=1S/C73H130NO8P/c1-3-5-7-9-11-13-15-17-19-21-23-25-26-27-28-29-30-31-32-33-34-35-36-37-38-39-40-41-42-43-44-46-48-50-52-54-56-58-60-62-64-66-73(76)82-71(70-81-83(77,78)80-68-67-74)69-79-72(75)65-63-61-59-57-55-53-51-49-47-45-24-22-20-18-16-14-12-10-8-6-4-2/h5,7,11,13,17,19,22-25,27-28,30-31,33-34,71H,3-4,6,8-10,12,14-16,18,20-21,26,29,32,35-70,74H2,1-2H3,(H,77,78)/b7-5-,13-11-,19-17-,24-22-,25-23-,28-27-,31-30-,34-33-. The Hall–Kier alpha value is -3.07. The maximum atomic E-state index is 12.8. The summed E-state index contributed by atoms with van der Waals surface area (Å²) in [6.45, 7) is 3.66. The second-order valence-corrected chi connectivity index (χ2v) is 24.5. The van der Waals surface area contributed by atoms with Gasteiger partial charge in [0.15, 0.2) is 6.10 Å². The van der Waals surface area contributed by atoms with Crippen molar-refractivity contribution in [1.29, 1.82) is 0 Å². The number of carbonyl (C=O) groups is 2. The van der Waals surface area contributed by atoms with Gasteiger partial charge in [0.2, 0.25) is 0 Å². The molecule has 0 radical (unpaired) electrons. The topological polar surface area (TPSA) is 134 Å². The molecular weight excluding hydrogens is 1050 g/mol. The Balaban J connectivity index is 3.83. The van der Waals surface area contributed by atoms with Gasteiger partial charge < -0.3 is 20.1 Å². The van der Waals surface area contributed by atoms with Crippen molar-refractivity contribution in [2.24, 2.45) is 5.73 Å². The predicted molar refractivity (Wildman–Crippen MR) is 358 cm³/mol. The Morgan fingerprint density at radius 2 is 0.663 bits per heavy atom. The van der Waals surface area contributed by atoms with Gasteiger partial charge in [0.05, 0.1) is 13.2 Å². The maximum absolute atomic E-state index is 12.8. The van der Waals surface area contributed by atoms with Crippen LogP contribution < -0.4 is 5.73 Å². The normalized spacial score (nSPS) is 13.5. The summed E-state index contributed by atoms with van der Waals surface area (Å²) in [6.07, 6.45) is 92.2. The van der Waals surface area contributed by atoms with Crippen LogP contribution in [-0.2, 0) is 32.7 Å². The van der Waals surface area contributed by atoms with Crippen molar-refractivity contribution < 1.29 is 37.6 Å². The summed E-state index contributed by atoms with van der Waals surface area (Å²) in [5.74, 6) is -0.818. The number of unbranched alkanes of at least 4 members (excludes halogenated alkanes) is 36. The van der Waals surface area contributed by atoms with E-state index in [4.69, 9.17) is 24.3 Å². The second kappa shape index (κ2) is 68.0. The minimum absolute atomic E-state index is 0.0523. The van der Waals surface area contributed by atoms with Crippen LogP contribution in [0.3, 0.4) is 0 Å². The van der Waals surface area contributed by atoms with Crippen LogP contribution in [0.1, 0.15) is 322 Å². The zero-order valence-corrected chi connectivity index (χ0v) is 54.8. The summed E-state index contributed by atoms with van der Waals surface area (Å²) < 4.78 is 33.2. The number of phosphoric acid groups is 1. The Bertz CT molecular complexity index is 1680. The highest BCUT2D eigenvalue weighted by atomic mass is 31.2. The molecule has 0 amide bonds.